The van der Waals surface area contributed by atoms with E-state index in [0.29, 0.717) is 47.1 Å². The molecule has 180 valence electrons. The zero-order valence-electron chi connectivity index (χ0n) is 18.9. The summed E-state index contributed by atoms with van der Waals surface area (Å²) in [5.41, 5.74) is 2.16. The van der Waals surface area contributed by atoms with E-state index >= 15 is 0 Å². The van der Waals surface area contributed by atoms with Crippen LogP contribution in [0.1, 0.15) is 11.3 Å². The Bertz CT molecular complexity index is 1310. The quantitative estimate of drug-likeness (QED) is 0.294. The van der Waals surface area contributed by atoms with Crippen LogP contribution < -0.4 is 15.5 Å². The second kappa shape index (κ2) is 10.2. The lowest BCUT2D eigenvalue weighted by Gasteiger charge is -2.29. The van der Waals surface area contributed by atoms with Gasteiger partial charge in [0.2, 0.25) is 5.91 Å². The maximum Gasteiger partial charge on any atom is 0.294 e. The van der Waals surface area contributed by atoms with Crippen molar-refractivity contribution in [3.63, 3.8) is 0 Å². The number of furan rings is 1. The highest BCUT2D eigenvalue weighted by atomic mass is 16.6. The summed E-state index contributed by atoms with van der Waals surface area (Å²) in [4.78, 5) is 36.0. The summed E-state index contributed by atoms with van der Waals surface area (Å²) < 4.78 is 5.75. The fourth-order valence-corrected chi connectivity index (χ4v) is 3.89. The fourth-order valence-electron chi connectivity index (χ4n) is 3.89. The van der Waals surface area contributed by atoms with Gasteiger partial charge in [0, 0.05) is 61.7 Å². The van der Waals surface area contributed by atoms with Crippen LogP contribution in [0.2, 0.25) is 0 Å². The summed E-state index contributed by atoms with van der Waals surface area (Å²) in [6.45, 7) is 4.58. The summed E-state index contributed by atoms with van der Waals surface area (Å²) >= 11 is 0. The molecule has 35 heavy (non-hydrogen) atoms. The number of benzene rings is 2. The minimum atomic E-state index is -0.473. The Kier molecular flexibility index (Phi) is 6.88. The molecule has 3 aromatic rings. The molecule has 11 nitrogen and oxygen atoms in total. The molecule has 0 aliphatic carbocycles. The van der Waals surface area contributed by atoms with Crippen LogP contribution in [0.4, 0.5) is 22.7 Å². The number of anilines is 2. The van der Waals surface area contributed by atoms with Crippen LogP contribution in [-0.4, -0.2) is 41.9 Å². The zero-order chi connectivity index (χ0) is 24.9. The molecule has 2 heterocycles. The van der Waals surface area contributed by atoms with Crippen molar-refractivity contribution in [2.45, 2.75) is 6.92 Å². The molecular formula is C24H23N5O6. The molecule has 0 saturated carbocycles. The predicted octanol–water partition coefficient (Wildman–Crippen LogP) is 4.13. The Balaban J connectivity index is 1.44. The summed E-state index contributed by atoms with van der Waals surface area (Å²) in [7, 11) is 0. The molecule has 1 aliphatic heterocycles. The van der Waals surface area contributed by atoms with Gasteiger partial charge in [0.15, 0.2) is 0 Å². The van der Waals surface area contributed by atoms with E-state index in [4.69, 9.17) is 4.42 Å². The number of hydrogen-bond acceptors (Lipinski definition) is 8. The maximum atomic E-state index is 12.4. The lowest BCUT2D eigenvalue weighted by molar-refractivity contribution is -0.384. The van der Waals surface area contributed by atoms with Crippen molar-refractivity contribution in [3.8, 4) is 11.3 Å². The molecule has 0 bridgehead atoms. The average Bonchev–Trinajstić information content (AvgIpc) is 3.32. The van der Waals surface area contributed by atoms with Crippen molar-refractivity contribution >= 4 is 34.7 Å². The lowest BCUT2D eigenvalue weighted by atomic mass is 10.1. The van der Waals surface area contributed by atoms with Gasteiger partial charge < -0.3 is 20.0 Å². The smallest absolute Gasteiger partial charge is 0.294 e. The van der Waals surface area contributed by atoms with Gasteiger partial charge >= 0.3 is 0 Å². The number of hydrogen-bond donors (Lipinski definition) is 2. The number of non-ortho nitro benzene ring substituents is 1. The molecule has 0 unspecified atom stereocenters. The molecule has 0 radical (unpaired) electrons. The molecule has 0 spiro atoms. The number of nitro benzene ring substituents is 2. The topological polar surface area (TPSA) is 144 Å². The van der Waals surface area contributed by atoms with Gasteiger partial charge in [-0.15, -0.1) is 0 Å². The van der Waals surface area contributed by atoms with Crippen LogP contribution >= 0.6 is 0 Å². The molecule has 1 aliphatic rings. The Morgan fingerprint density at radius 1 is 1.06 bits per heavy atom. The monoisotopic (exact) mass is 477 g/mol. The van der Waals surface area contributed by atoms with Gasteiger partial charge in [-0.1, -0.05) is 0 Å². The van der Waals surface area contributed by atoms with Crippen LogP contribution in [0, 0.1) is 27.2 Å². The predicted molar refractivity (Wildman–Crippen MR) is 131 cm³/mol. The van der Waals surface area contributed by atoms with Crippen LogP contribution in [0.3, 0.4) is 0 Å². The lowest BCUT2D eigenvalue weighted by Crippen LogP contribution is -2.43. The number of nitrogens with one attached hydrogen (secondary N) is 2. The normalized spacial score (nSPS) is 13.7. The number of aryl methyl sites for hydroxylation is 1. The largest absolute Gasteiger partial charge is 0.457 e. The Morgan fingerprint density at radius 2 is 1.83 bits per heavy atom. The highest BCUT2D eigenvalue weighted by molar-refractivity contribution is 6.02. The molecule has 2 N–H and O–H groups in total. The molecule has 1 fully saturated rings. The third-order valence-electron chi connectivity index (χ3n) is 5.61. The van der Waals surface area contributed by atoms with E-state index in [1.807, 2.05) is 4.90 Å². The van der Waals surface area contributed by atoms with Crippen molar-refractivity contribution in [3.05, 3.63) is 86.2 Å². The van der Waals surface area contributed by atoms with Crippen molar-refractivity contribution in [1.29, 1.82) is 0 Å². The van der Waals surface area contributed by atoms with Crippen molar-refractivity contribution in [2.24, 2.45) is 0 Å². The van der Waals surface area contributed by atoms with Gasteiger partial charge in [0.05, 0.1) is 9.85 Å². The highest BCUT2D eigenvalue weighted by Crippen LogP contribution is 2.32. The molecule has 1 amide bonds. The highest BCUT2D eigenvalue weighted by Gasteiger charge is 2.22. The number of piperazine rings is 1. The minimum Gasteiger partial charge on any atom is -0.457 e. The number of rotatable bonds is 7. The first-order valence-electron chi connectivity index (χ1n) is 10.9. The van der Waals surface area contributed by atoms with Gasteiger partial charge in [-0.25, -0.2) is 0 Å². The second-order valence-electron chi connectivity index (χ2n) is 7.98. The molecule has 1 aromatic heterocycles. The first-order valence-corrected chi connectivity index (χ1v) is 10.9. The zero-order valence-corrected chi connectivity index (χ0v) is 18.9. The Morgan fingerprint density at radius 3 is 2.51 bits per heavy atom. The molecular weight excluding hydrogens is 454 g/mol. The van der Waals surface area contributed by atoms with E-state index in [2.05, 4.69) is 10.6 Å². The van der Waals surface area contributed by atoms with Gasteiger partial charge in [0.1, 0.15) is 17.2 Å². The van der Waals surface area contributed by atoms with Gasteiger partial charge in [-0.2, -0.15) is 0 Å². The molecule has 0 atom stereocenters. The maximum absolute atomic E-state index is 12.4. The third-order valence-corrected chi connectivity index (χ3v) is 5.61. The number of amides is 1. The van der Waals surface area contributed by atoms with Gasteiger partial charge in [-0.3, -0.25) is 25.0 Å². The molecule has 2 aromatic carbocycles. The standard InChI is InChI=1S/C24H23N5O6/c1-16-14-18(28(31)32)3-6-20(16)23-8-4-19(35-23)5-9-24(30)26-17-2-7-21(22(15-17)29(33)34)27-12-10-25-11-13-27/h2-9,14-15,25H,10-13H2,1H3,(H,26,30)/b9-5+. The first-order chi connectivity index (χ1) is 16.8. The number of nitrogens with zero attached hydrogens (tertiary/aromatic N) is 3. The van der Waals surface area contributed by atoms with Crippen molar-refractivity contribution in [1.82, 2.24) is 5.32 Å². The summed E-state index contributed by atoms with van der Waals surface area (Å²) in [6.07, 6.45) is 2.74. The average molecular weight is 477 g/mol. The van der Waals surface area contributed by atoms with E-state index in [-0.39, 0.29) is 11.4 Å². The summed E-state index contributed by atoms with van der Waals surface area (Å²) in [6, 6.07) is 12.5. The molecule has 11 heteroatoms. The van der Waals surface area contributed by atoms with E-state index in [1.54, 1.807) is 37.3 Å². The summed E-state index contributed by atoms with van der Waals surface area (Å²) in [5, 5.41) is 28.4. The van der Waals surface area contributed by atoms with E-state index in [9.17, 15) is 25.0 Å². The van der Waals surface area contributed by atoms with Crippen molar-refractivity contribution in [2.75, 3.05) is 36.4 Å². The number of carbonyl (C=O) groups is 1. The van der Waals surface area contributed by atoms with Crippen LogP contribution in [0.15, 0.2) is 59.0 Å². The SMILES string of the molecule is Cc1cc([N+](=O)[O-])ccc1-c1ccc(/C=C/C(=O)Nc2ccc(N3CCNCC3)c([N+](=O)[O-])c2)o1. The Labute approximate surface area is 200 Å². The van der Waals surface area contributed by atoms with Crippen LogP contribution in [0.5, 0.6) is 0 Å². The van der Waals surface area contributed by atoms with E-state index in [0.717, 1.165) is 13.1 Å². The van der Waals surface area contributed by atoms with Crippen molar-refractivity contribution < 1.29 is 19.1 Å². The van der Waals surface area contributed by atoms with Crippen LogP contribution in [0.25, 0.3) is 17.4 Å². The number of nitro groups is 2. The first kappa shape index (κ1) is 23.6. The van der Waals surface area contributed by atoms with Crippen LogP contribution in [-0.2, 0) is 4.79 Å². The third kappa shape index (κ3) is 5.53. The van der Waals surface area contributed by atoms with Gasteiger partial charge in [0.25, 0.3) is 11.4 Å². The fraction of sp³-hybridized carbons (Fsp3) is 0.208. The minimum absolute atomic E-state index is 0.00389. The number of carbonyl (C=O) groups excluding carboxylic acids is 1. The molecule has 1 saturated heterocycles. The Hall–Kier alpha value is -4.51. The van der Waals surface area contributed by atoms with E-state index in [1.165, 1.54) is 30.4 Å². The summed E-state index contributed by atoms with van der Waals surface area (Å²) in [5.74, 6) is 0.447. The second-order valence-corrected chi connectivity index (χ2v) is 7.98. The molecule has 4 rings (SSSR count). The van der Waals surface area contributed by atoms with Gasteiger partial charge in [-0.05, 0) is 48.9 Å². The van der Waals surface area contributed by atoms with E-state index < -0.39 is 15.8 Å².